The predicted molar refractivity (Wildman–Crippen MR) is 87.9 cm³/mol. The van der Waals surface area contributed by atoms with Crippen LogP contribution < -0.4 is 10.1 Å². The van der Waals surface area contributed by atoms with Gasteiger partial charge in [0, 0.05) is 42.4 Å². The molecule has 21 heavy (non-hydrogen) atoms. The zero-order valence-electron chi connectivity index (χ0n) is 12.5. The van der Waals surface area contributed by atoms with Crippen LogP contribution in [0.25, 0.3) is 10.9 Å². The van der Waals surface area contributed by atoms with E-state index >= 15 is 0 Å². The number of aromatic nitrogens is 1. The molecule has 2 aromatic carbocycles. The summed E-state index contributed by atoms with van der Waals surface area (Å²) in [6.07, 6.45) is 2.18. The largest absolute Gasteiger partial charge is 0.494 e. The van der Waals surface area contributed by atoms with Crippen molar-refractivity contribution in [1.29, 1.82) is 0 Å². The van der Waals surface area contributed by atoms with Gasteiger partial charge < -0.3 is 14.6 Å². The second-order valence-corrected chi connectivity index (χ2v) is 5.10. The van der Waals surface area contributed by atoms with Gasteiger partial charge >= 0.3 is 0 Å². The third-order valence-corrected chi connectivity index (χ3v) is 3.61. The van der Waals surface area contributed by atoms with E-state index in [1.54, 1.807) is 0 Å². The summed E-state index contributed by atoms with van der Waals surface area (Å²) in [5, 5.41) is 4.77. The summed E-state index contributed by atoms with van der Waals surface area (Å²) in [6.45, 7) is 3.49. The second-order valence-electron chi connectivity index (χ2n) is 5.10. The van der Waals surface area contributed by atoms with Crippen LogP contribution in [0.3, 0.4) is 0 Å². The lowest BCUT2D eigenvalue weighted by molar-refractivity contribution is 0.340. The zero-order valence-corrected chi connectivity index (χ0v) is 12.5. The van der Waals surface area contributed by atoms with Crippen LogP contribution in [-0.2, 0) is 13.6 Å². The lowest BCUT2D eigenvalue weighted by Gasteiger charge is -2.08. The number of para-hydroxylation sites is 1. The zero-order chi connectivity index (χ0) is 14.7. The van der Waals surface area contributed by atoms with Crippen LogP contribution >= 0.6 is 0 Å². The summed E-state index contributed by atoms with van der Waals surface area (Å²) >= 11 is 0. The fourth-order valence-electron chi connectivity index (χ4n) is 2.63. The van der Waals surface area contributed by atoms with Crippen molar-refractivity contribution >= 4 is 16.6 Å². The number of benzene rings is 2. The summed E-state index contributed by atoms with van der Waals surface area (Å²) in [5.74, 6) is 0.903. The van der Waals surface area contributed by atoms with Crippen LogP contribution in [0.1, 0.15) is 12.5 Å². The molecular weight excluding hydrogens is 260 g/mol. The summed E-state index contributed by atoms with van der Waals surface area (Å²) in [5.41, 5.74) is 3.64. The highest BCUT2D eigenvalue weighted by molar-refractivity contribution is 5.84. The molecule has 0 aliphatic rings. The summed E-state index contributed by atoms with van der Waals surface area (Å²) in [7, 11) is 2.08. The molecule has 0 amide bonds. The van der Waals surface area contributed by atoms with E-state index in [4.69, 9.17) is 4.74 Å². The van der Waals surface area contributed by atoms with E-state index in [9.17, 15) is 0 Å². The highest BCUT2D eigenvalue weighted by Crippen LogP contribution is 2.22. The smallest absolute Gasteiger partial charge is 0.121 e. The van der Waals surface area contributed by atoms with Gasteiger partial charge in [0.1, 0.15) is 5.75 Å². The van der Waals surface area contributed by atoms with Crippen molar-refractivity contribution in [3.8, 4) is 5.75 Å². The van der Waals surface area contributed by atoms with Crippen LogP contribution in [-0.4, -0.2) is 11.2 Å². The number of ether oxygens (including phenoxy) is 1. The van der Waals surface area contributed by atoms with Crippen molar-refractivity contribution < 1.29 is 4.74 Å². The van der Waals surface area contributed by atoms with Crippen molar-refractivity contribution in [3.63, 3.8) is 0 Å². The Morgan fingerprint density at radius 1 is 1.10 bits per heavy atom. The second kappa shape index (κ2) is 5.92. The van der Waals surface area contributed by atoms with Gasteiger partial charge in [-0.3, -0.25) is 0 Å². The van der Waals surface area contributed by atoms with Crippen LogP contribution in [0, 0.1) is 0 Å². The summed E-state index contributed by atoms with van der Waals surface area (Å²) in [4.78, 5) is 0. The van der Waals surface area contributed by atoms with Gasteiger partial charge in [-0.05, 0) is 30.7 Å². The first kappa shape index (κ1) is 13.6. The molecular formula is C18H20N2O. The fraction of sp³-hybridized carbons (Fsp3) is 0.222. The van der Waals surface area contributed by atoms with E-state index in [0.29, 0.717) is 6.61 Å². The van der Waals surface area contributed by atoms with Crippen molar-refractivity contribution in [2.45, 2.75) is 13.5 Å². The van der Waals surface area contributed by atoms with Crippen molar-refractivity contribution in [1.82, 2.24) is 4.57 Å². The molecule has 0 unspecified atom stereocenters. The maximum atomic E-state index is 5.53. The lowest BCUT2D eigenvalue weighted by atomic mass is 10.2. The number of nitrogens with zero attached hydrogens (tertiary/aromatic N) is 1. The highest BCUT2D eigenvalue weighted by Gasteiger charge is 2.05. The Labute approximate surface area is 125 Å². The average molecular weight is 280 g/mol. The molecule has 0 fully saturated rings. The van der Waals surface area contributed by atoms with Gasteiger partial charge in [0.15, 0.2) is 0 Å². The number of rotatable bonds is 5. The Bertz CT molecular complexity index is 746. The van der Waals surface area contributed by atoms with Crippen LogP contribution in [0.5, 0.6) is 5.75 Å². The Balaban J connectivity index is 1.79. The van der Waals surface area contributed by atoms with E-state index in [1.165, 1.54) is 16.5 Å². The number of fused-ring (bicyclic) bond motifs is 1. The van der Waals surface area contributed by atoms with Gasteiger partial charge in [-0.2, -0.15) is 0 Å². The van der Waals surface area contributed by atoms with E-state index in [1.807, 2.05) is 25.1 Å². The lowest BCUT2D eigenvalue weighted by Crippen LogP contribution is -1.99. The molecule has 0 atom stereocenters. The predicted octanol–water partition coefficient (Wildman–Crippen LogP) is 4.19. The molecule has 0 aliphatic carbocycles. The quantitative estimate of drug-likeness (QED) is 0.758. The first-order chi connectivity index (χ1) is 10.3. The third kappa shape index (κ3) is 2.87. The molecule has 3 nitrogen and oxygen atoms in total. The topological polar surface area (TPSA) is 26.2 Å². The third-order valence-electron chi connectivity index (χ3n) is 3.61. The fourth-order valence-corrected chi connectivity index (χ4v) is 2.63. The summed E-state index contributed by atoms with van der Waals surface area (Å²) in [6, 6.07) is 16.6. The van der Waals surface area contributed by atoms with E-state index in [2.05, 4.69) is 53.5 Å². The van der Waals surface area contributed by atoms with E-state index in [-0.39, 0.29) is 0 Å². The highest BCUT2D eigenvalue weighted by atomic mass is 16.5. The first-order valence-electron chi connectivity index (χ1n) is 7.27. The number of hydrogen-bond acceptors (Lipinski definition) is 2. The maximum absolute atomic E-state index is 5.53. The van der Waals surface area contributed by atoms with Gasteiger partial charge in [-0.1, -0.05) is 24.3 Å². The van der Waals surface area contributed by atoms with Gasteiger partial charge in [0.05, 0.1) is 6.61 Å². The Morgan fingerprint density at radius 2 is 1.95 bits per heavy atom. The van der Waals surface area contributed by atoms with E-state index < -0.39 is 0 Å². The normalized spacial score (nSPS) is 10.8. The minimum atomic E-state index is 0.687. The van der Waals surface area contributed by atoms with Gasteiger partial charge in [0.25, 0.3) is 0 Å². The van der Waals surface area contributed by atoms with Gasteiger partial charge in [0.2, 0.25) is 0 Å². The molecule has 3 aromatic rings. The number of anilines is 1. The maximum Gasteiger partial charge on any atom is 0.121 e. The molecule has 0 radical (unpaired) electrons. The van der Waals surface area contributed by atoms with E-state index in [0.717, 1.165) is 18.0 Å². The van der Waals surface area contributed by atoms with Crippen LogP contribution in [0.4, 0.5) is 5.69 Å². The molecule has 1 aromatic heterocycles. The Hall–Kier alpha value is -2.42. The van der Waals surface area contributed by atoms with Crippen molar-refractivity contribution in [2.75, 3.05) is 11.9 Å². The van der Waals surface area contributed by atoms with Crippen molar-refractivity contribution in [3.05, 3.63) is 60.3 Å². The minimum absolute atomic E-state index is 0.687. The molecule has 1 N–H and O–H groups in total. The standard InChI is InChI=1S/C18H20N2O/c1-3-21-16-8-6-7-15(11-16)19-12-14-13-20(2)18-10-5-4-9-17(14)18/h4-11,13,19H,3,12H2,1-2H3. The van der Waals surface area contributed by atoms with Crippen LogP contribution in [0.2, 0.25) is 0 Å². The molecule has 3 heteroatoms. The molecule has 108 valence electrons. The molecule has 3 rings (SSSR count). The average Bonchev–Trinajstić information content (AvgIpc) is 2.83. The molecule has 0 aliphatic heterocycles. The summed E-state index contributed by atoms with van der Waals surface area (Å²) < 4.78 is 7.70. The van der Waals surface area contributed by atoms with Crippen LogP contribution in [0.15, 0.2) is 54.7 Å². The van der Waals surface area contributed by atoms with Crippen molar-refractivity contribution in [2.24, 2.45) is 7.05 Å². The SMILES string of the molecule is CCOc1cccc(NCc2cn(C)c3ccccc23)c1. The number of nitrogens with one attached hydrogen (secondary N) is 1. The van der Waals surface area contributed by atoms with Gasteiger partial charge in [-0.15, -0.1) is 0 Å². The number of aryl methyl sites for hydroxylation is 1. The molecule has 0 saturated heterocycles. The first-order valence-corrected chi connectivity index (χ1v) is 7.27. The monoisotopic (exact) mass is 280 g/mol. The molecule has 0 bridgehead atoms. The molecule has 0 saturated carbocycles. The Morgan fingerprint density at radius 3 is 2.81 bits per heavy atom. The van der Waals surface area contributed by atoms with Gasteiger partial charge in [-0.25, -0.2) is 0 Å². The number of hydrogen-bond donors (Lipinski definition) is 1. The minimum Gasteiger partial charge on any atom is -0.494 e. The Kier molecular flexibility index (Phi) is 3.82. The molecule has 1 heterocycles. The molecule has 0 spiro atoms.